The highest BCUT2D eigenvalue weighted by molar-refractivity contribution is 6.01. The maximum absolute atomic E-state index is 12.4. The fourth-order valence-corrected chi connectivity index (χ4v) is 2.84. The van der Waals surface area contributed by atoms with E-state index in [2.05, 4.69) is 5.32 Å². The molecule has 1 unspecified atom stereocenters. The number of nitrogens with zero attached hydrogens (tertiary/aromatic N) is 1. The molecule has 24 heavy (non-hydrogen) atoms. The van der Waals surface area contributed by atoms with Gasteiger partial charge >= 0.3 is 0 Å². The molecule has 2 aromatic carbocycles. The van der Waals surface area contributed by atoms with Crippen LogP contribution in [-0.4, -0.2) is 48.7 Å². The molecule has 0 saturated carbocycles. The van der Waals surface area contributed by atoms with Crippen molar-refractivity contribution in [3.05, 3.63) is 42.0 Å². The molecule has 0 spiro atoms. The number of nitrogens with one attached hydrogen (secondary N) is 2. The Morgan fingerprint density at radius 2 is 2.08 bits per heavy atom. The Morgan fingerprint density at radius 1 is 1.33 bits per heavy atom. The van der Waals surface area contributed by atoms with Crippen LogP contribution in [0.25, 0.3) is 10.8 Å². The van der Waals surface area contributed by atoms with Crippen LogP contribution in [0.4, 0.5) is 0 Å². The smallest absolute Gasteiger partial charge is 0.261 e. The van der Waals surface area contributed by atoms with Crippen LogP contribution < -0.4 is 10.1 Å². The molecule has 1 aliphatic rings. The predicted molar refractivity (Wildman–Crippen MR) is 91.5 cm³/mol. The molecule has 1 saturated heterocycles. The Hall–Kier alpha value is -2.89. The fourth-order valence-electron chi connectivity index (χ4n) is 2.84. The van der Waals surface area contributed by atoms with Crippen molar-refractivity contribution in [3.8, 4) is 5.75 Å². The van der Waals surface area contributed by atoms with Gasteiger partial charge in [-0.25, -0.2) is 0 Å². The molecular formula is C18H19N3O3. The second kappa shape index (κ2) is 6.70. The molecule has 2 N–H and O–H groups in total. The molecule has 1 aliphatic heterocycles. The highest BCUT2D eigenvalue weighted by Crippen LogP contribution is 2.27. The van der Waals surface area contributed by atoms with Crippen LogP contribution in [0.1, 0.15) is 12.5 Å². The lowest BCUT2D eigenvalue weighted by atomic mass is 10.0. The largest absolute Gasteiger partial charge is 0.483 e. The molecule has 1 fully saturated rings. The van der Waals surface area contributed by atoms with E-state index in [9.17, 15) is 9.59 Å². The van der Waals surface area contributed by atoms with E-state index in [0.29, 0.717) is 12.3 Å². The second-order valence-electron chi connectivity index (χ2n) is 5.81. The van der Waals surface area contributed by atoms with Crippen LogP contribution in [-0.2, 0) is 9.59 Å². The number of rotatable bonds is 4. The van der Waals surface area contributed by atoms with E-state index >= 15 is 0 Å². The Labute approximate surface area is 139 Å². The van der Waals surface area contributed by atoms with E-state index in [-0.39, 0.29) is 31.0 Å². The van der Waals surface area contributed by atoms with E-state index in [1.165, 1.54) is 11.1 Å². The quantitative estimate of drug-likeness (QED) is 0.837. The first kappa shape index (κ1) is 16.0. The molecule has 124 valence electrons. The number of benzene rings is 2. The SMILES string of the molecule is CC1CNC(=O)CN1C(=O)COc1ccc(C=N)c2ccccc12. The third kappa shape index (κ3) is 3.08. The van der Waals surface area contributed by atoms with Crippen molar-refractivity contribution in [1.29, 1.82) is 5.41 Å². The first-order valence-electron chi connectivity index (χ1n) is 7.81. The summed E-state index contributed by atoms with van der Waals surface area (Å²) in [6.07, 6.45) is 1.30. The minimum absolute atomic E-state index is 0.0455. The van der Waals surface area contributed by atoms with Crippen molar-refractivity contribution >= 4 is 28.8 Å². The number of piperazine rings is 1. The summed E-state index contributed by atoms with van der Waals surface area (Å²) < 4.78 is 5.72. The third-order valence-corrected chi connectivity index (χ3v) is 4.19. The number of fused-ring (bicyclic) bond motifs is 1. The van der Waals surface area contributed by atoms with Crippen LogP contribution >= 0.6 is 0 Å². The molecule has 6 nitrogen and oxygen atoms in total. The molecule has 3 rings (SSSR count). The van der Waals surface area contributed by atoms with Crippen molar-refractivity contribution in [1.82, 2.24) is 10.2 Å². The molecule has 0 aromatic heterocycles. The normalized spacial score (nSPS) is 17.5. The van der Waals surface area contributed by atoms with Gasteiger partial charge in [-0.3, -0.25) is 9.59 Å². The van der Waals surface area contributed by atoms with Crippen molar-refractivity contribution in [2.75, 3.05) is 19.7 Å². The number of hydrogen-bond donors (Lipinski definition) is 2. The van der Waals surface area contributed by atoms with Crippen LogP contribution in [0.15, 0.2) is 36.4 Å². The van der Waals surface area contributed by atoms with Crippen molar-refractivity contribution in [2.24, 2.45) is 0 Å². The summed E-state index contributed by atoms with van der Waals surface area (Å²) in [6, 6.07) is 11.1. The maximum atomic E-state index is 12.4. The lowest BCUT2D eigenvalue weighted by molar-refractivity contribution is -0.142. The van der Waals surface area contributed by atoms with Gasteiger partial charge in [-0.05, 0) is 24.4 Å². The maximum Gasteiger partial charge on any atom is 0.261 e. The highest BCUT2D eigenvalue weighted by Gasteiger charge is 2.27. The number of carbonyl (C=O) groups excluding carboxylic acids is 2. The average Bonchev–Trinajstić information content (AvgIpc) is 2.61. The lowest BCUT2D eigenvalue weighted by Gasteiger charge is -2.33. The molecule has 0 radical (unpaired) electrons. The van der Waals surface area contributed by atoms with Gasteiger partial charge in [0.15, 0.2) is 6.61 Å². The third-order valence-electron chi connectivity index (χ3n) is 4.19. The summed E-state index contributed by atoms with van der Waals surface area (Å²) in [6.45, 7) is 2.30. The topological polar surface area (TPSA) is 82.5 Å². The summed E-state index contributed by atoms with van der Waals surface area (Å²) in [5.41, 5.74) is 0.797. The first-order valence-corrected chi connectivity index (χ1v) is 7.81. The number of ether oxygens (including phenoxy) is 1. The zero-order valence-electron chi connectivity index (χ0n) is 13.4. The van der Waals surface area contributed by atoms with E-state index < -0.39 is 0 Å². The standard InChI is InChI=1S/C18H19N3O3/c1-12-9-20-17(22)10-21(12)18(23)11-24-16-7-6-13(8-19)14-4-2-3-5-15(14)16/h2-8,12,19H,9-11H2,1H3,(H,20,22). The van der Waals surface area contributed by atoms with Gasteiger partial charge in [-0.1, -0.05) is 24.3 Å². The van der Waals surface area contributed by atoms with Crippen molar-refractivity contribution in [3.63, 3.8) is 0 Å². The summed E-state index contributed by atoms with van der Waals surface area (Å²) in [5, 5.41) is 12.0. The van der Waals surface area contributed by atoms with E-state index in [1.54, 1.807) is 12.1 Å². The summed E-state index contributed by atoms with van der Waals surface area (Å²) >= 11 is 0. The Balaban J connectivity index is 1.77. The van der Waals surface area contributed by atoms with Crippen LogP contribution in [0, 0.1) is 5.41 Å². The molecule has 2 amide bonds. The van der Waals surface area contributed by atoms with Gasteiger partial charge < -0.3 is 20.4 Å². The van der Waals surface area contributed by atoms with Crippen LogP contribution in [0.5, 0.6) is 5.75 Å². The molecule has 0 bridgehead atoms. The van der Waals surface area contributed by atoms with E-state index in [4.69, 9.17) is 10.1 Å². The highest BCUT2D eigenvalue weighted by atomic mass is 16.5. The van der Waals surface area contributed by atoms with Gasteiger partial charge in [0.1, 0.15) is 5.75 Å². The lowest BCUT2D eigenvalue weighted by Crippen LogP contribution is -2.56. The number of carbonyl (C=O) groups is 2. The van der Waals surface area contributed by atoms with Gasteiger partial charge in [0.05, 0.1) is 6.54 Å². The summed E-state index contributed by atoms with van der Waals surface area (Å²) in [5.74, 6) is 0.235. The first-order chi connectivity index (χ1) is 11.6. The van der Waals surface area contributed by atoms with E-state index in [0.717, 1.165) is 16.3 Å². The molecule has 2 aromatic rings. The van der Waals surface area contributed by atoms with Gasteiger partial charge in [0.2, 0.25) is 5.91 Å². The summed E-state index contributed by atoms with van der Waals surface area (Å²) in [4.78, 5) is 25.4. The van der Waals surface area contributed by atoms with Gasteiger partial charge in [-0.2, -0.15) is 0 Å². The zero-order valence-corrected chi connectivity index (χ0v) is 13.4. The van der Waals surface area contributed by atoms with Crippen molar-refractivity contribution in [2.45, 2.75) is 13.0 Å². The predicted octanol–water partition coefficient (Wildman–Crippen LogP) is 1.56. The minimum Gasteiger partial charge on any atom is -0.483 e. The number of hydrogen-bond acceptors (Lipinski definition) is 4. The van der Waals surface area contributed by atoms with Crippen molar-refractivity contribution < 1.29 is 14.3 Å². The molecular weight excluding hydrogens is 306 g/mol. The van der Waals surface area contributed by atoms with E-state index in [1.807, 2.05) is 31.2 Å². The fraction of sp³-hybridized carbons (Fsp3) is 0.278. The second-order valence-corrected chi connectivity index (χ2v) is 5.81. The molecule has 1 heterocycles. The Kier molecular flexibility index (Phi) is 4.46. The van der Waals surface area contributed by atoms with Gasteiger partial charge in [0, 0.05) is 29.8 Å². The number of amides is 2. The molecule has 0 aliphatic carbocycles. The Bertz CT molecular complexity index is 803. The zero-order chi connectivity index (χ0) is 17.1. The minimum atomic E-state index is -0.211. The Morgan fingerprint density at radius 3 is 2.83 bits per heavy atom. The average molecular weight is 325 g/mol. The van der Waals surface area contributed by atoms with Gasteiger partial charge in [-0.15, -0.1) is 0 Å². The molecule has 1 atom stereocenters. The van der Waals surface area contributed by atoms with Gasteiger partial charge in [0.25, 0.3) is 5.91 Å². The summed E-state index contributed by atoms with van der Waals surface area (Å²) in [7, 11) is 0. The molecule has 6 heteroatoms. The van der Waals surface area contributed by atoms with Crippen LogP contribution in [0.2, 0.25) is 0 Å². The monoisotopic (exact) mass is 325 g/mol. The van der Waals surface area contributed by atoms with Crippen LogP contribution in [0.3, 0.4) is 0 Å².